The van der Waals surface area contributed by atoms with Crippen LogP contribution in [0.4, 0.5) is 0 Å². The van der Waals surface area contributed by atoms with Crippen LogP contribution in [0, 0.1) is 12.8 Å². The molecular formula is C41H54Cl2Si2Zr. The van der Waals surface area contributed by atoms with Crippen molar-refractivity contribution < 1.29 is 20.8 Å². The Morgan fingerprint density at radius 1 is 0.848 bits per heavy atom. The predicted octanol–water partition coefficient (Wildman–Crippen LogP) is 13.6. The van der Waals surface area contributed by atoms with Crippen LogP contribution in [0.3, 0.4) is 0 Å². The summed E-state index contributed by atoms with van der Waals surface area (Å²) in [4.78, 5) is 0. The second kappa shape index (κ2) is 19.1. The molecule has 5 heteroatoms. The van der Waals surface area contributed by atoms with E-state index < -0.39 is 28.9 Å². The van der Waals surface area contributed by atoms with Crippen molar-refractivity contribution >= 4 is 61.4 Å². The summed E-state index contributed by atoms with van der Waals surface area (Å²) >= 11 is -0.826. The van der Waals surface area contributed by atoms with Gasteiger partial charge in [-0.1, -0.05) is 132 Å². The van der Waals surface area contributed by atoms with Crippen molar-refractivity contribution in [2.45, 2.75) is 104 Å². The third-order valence-electron chi connectivity index (χ3n) is 9.39. The van der Waals surface area contributed by atoms with Gasteiger partial charge < -0.3 is 0 Å². The zero-order chi connectivity index (χ0) is 33.9. The molecule has 0 saturated heterocycles. The topological polar surface area (TPSA) is 0 Å². The third kappa shape index (κ3) is 10.9. The summed E-state index contributed by atoms with van der Waals surface area (Å²) in [7, 11) is 9.74. The van der Waals surface area contributed by atoms with Crippen molar-refractivity contribution in [2.75, 3.05) is 0 Å². The van der Waals surface area contributed by atoms with Gasteiger partial charge in [0.2, 0.25) is 0 Å². The molecule has 0 N–H and O–H groups in total. The minimum atomic E-state index is -1.21. The number of benzene rings is 3. The van der Waals surface area contributed by atoms with Gasteiger partial charge in [0, 0.05) is 9.52 Å². The van der Waals surface area contributed by atoms with Crippen LogP contribution in [0.5, 0.6) is 0 Å². The zero-order valence-electron chi connectivity index (χ0n) is 29.6. The summed E-state index contributed by atoms with van der Waals surface area (Å²) in [6, 6.07) is 32.1. The van der Waals surface area contributed by atoms with Crippen LogP contribution in [0.25, 0.3) is 32.7 Å². The summed E-state index contributed by atoms with van der Waals surface area (Å²) in [5, 5.41) is 7.19. The average Bonchev–Trinajstić information content (AvgIpc) is 3.65. The first kappa shape index (κ1) is 39.2. The van der Waals surface area contributed by atoms with Crippen LogP contribution in [0.15, 0.2) is 84.9 Å². The van der Waals surface area contributed by atoms with Gasteiger partial charge in [-0.15, -0.1) is 69.1 Å². The minimum absolute atomic E-state index is 0.667. The van der Waals surface area contributed by atoms with Gasteiger partial charge in [0.25, 0.3) is 0 Å². The molecule has 46 heavy (non-hydrogen) atoms. The summed E-state index contributed by atoms with van der Waals surface area (Å²) in [6.07, 6.45) is 6.81. The van der Waals surface area contributed by atoms with Gasteiger partial charge in [-0.3, -0.25) is 0 Å². The Kier molecular flexibility index (Phi) is 16.3. The van der Waals surface area contributed by atoms with Crippen molar-refractivity contribution in [3.05, 3.63) is 102 Å². The molecule has 1 aliphatic rings. The molecule has 6 rings (SSSR count). The third-order valence-corrected chi connectivity index (χ3v) is 11.5. The molecule has 0 heterocycles. The van der Waals surface area contributed by atoms with Crippen molar-refractivity contribution in [3.8, 4) is 11.1 Å². The van der Waals surface area contributed by atoms with Crippen LogP contribution < -0.4 is 5.19 Å². The molecule has 0 nitrogen and oxygen atoms in total. The zero-order valence-corrected chi connectivity index (χ0v) is 35.6. The molecule has 1 unspecified atom stereocenters. The molecule has 0 spiro atoms. The van der Waals surface area contributed by atoms with Gasteiger partial charge in [-0.2, -0.15) is 12.1 Å². The first-order chi connectivity index (χ1) is 22.0. The van der Waals surface area contributed by atoms with Crippen LogP contribution >= 0.6 is 17.0 Å². The average molecular weight is 765 g/mol. The van der Waals surface area contributed by atoms with E-state index in [0.29, 0.717) is 5.92 Å². The summed E-state index contributed by atoms with van der Waals surface area (Å²) in [6.45, 7) is 20.7. The Balaban J connectivity index is 0.000000214. The van der Waals surface area contributed by atoms with E-state index in [1.54, 1.807) is 11.1 Å². The number of fused-ring (bicyclic) bond motifs is 2. The SMILES string of the molecule is CCC(C)c1cccc2[cH-]c(C3CCC(C)CC3)cc12.C[Si]C.Cc1cc2c(-c3ccc([Si](C)(C)C)cc3)cccc2[cH-]1.[Cl][Zr+2][Cl]. The molecule has 1 fully saturated rings. The number of aryl methyl sites for hydroxylation is 1. The first-order valence-electron chi connectivity index (χ1n) is 17.0. The van der Waals surface area contributed by atoms with Crippen molar-refractivity contribution in [2.24, 2.45) is 5.92 Å². The monoisotopic (exact) mass is 762 g/mol. The molecule has 244 valence electrons. The Morgan fingerprint density at radius 3 is 1.98 bits per heavy atom. The predicted molar refractivity (Wildman–Crippen MR) is 211 cm³/mol. The van der Waals surface area contributed by atoms with E-state index in [-0.39, 0.29) is 0 Å². The maximum absolute atomic E-state index is 4.93. The van der Waals surface area contributed by atoms with E-state index in [2.05, 4.69) is 145 Å². The fourth-order valence-electron chi connectivity index (χ4n) is 6.55. The summed E-state index contributed by atoms with van der Waals surface area (Å²) < 4.78 is 0. The number of rotatable bonds is 5. The van der Waals surface area contributed by atoms with E-state index in [1.165, 1.54) is 75.5 Å². The van der Waals surface area contributed by atoms with Gasteiger partial charge in [0.1, 0.15) is 0 Å². The molecule has 5 aromatic rings. The molecular weight excluding hydrogens is 711 g/mol. The Hall–Kier alpha value is -1.22. The first-order valence-corrected chi connectivity index (χ1v) is 28.8. The fraction of sp³-hybridized carbons (Fsp3) is 0.415. The van der Waals surface area contributed by atoms with Crippen molar-refractivity contribution in [1.29, 1.82) is 0 Å². The van der Waals surface area contributed by atoms with Gasteiger partial charge >= 0.3 is 37.9 Å². The van der Waals surface area contributed by atoms with Gasteiger partial charge in [-0.05, 0) is 36.2 Å². The molecule has 5 aromatic carbocycles. The number of hydrogen-bond acceptors (Lipinski definition) is 0. The van der Waals surface area contributed by atoms with E-state index in [0.717, 1.165) is 21.4 Å². The van der Waals surface area contributed by atoms with Crippen LogP contribution in [-0.4, -0.2) is 17.6 Å². The Morgan fingerprint density at radius 2 is 1.41 bits per heavy atom. The van der Waals surface area contributed by atoms with E-state index >= 15 is 0 Å². The summed E-state index contributed by atoms with van der Waals surface area (Å²) in [5.74, 6) is 2.41. The second-order valence-electron chi connectivity index (χ2n) is 14.1. The normalized spacial score (nSPS) is 16.7. The fourth-order valence-corrected chi connectivity index (χ4v) is 7.71. The van der Waals surface area contributed by atoms with Crippen LogP contribution in [-0.2, 0) is 20.8 Å². The van der Waals surface area contributed by atoms with Crippen LogP contribution in [0.1, 0.15) is 81.4 Å². The molecule has 0 aromatic heterocycles. The van der Waals surface area contributed by atoms with Gasteiger partial charge in [-0.25, -0.2) is 0 Å². The van der Waals surface area contributed by atoms with Crippen LogP contribution in [0.2, 0.25) is 32.7 Å². The standard InChI is InChI=1S/C20H27.C19H21Si.C2H6Si.2ClH.Zr/c1-4-15(3)19-7-5-6-17-12-18(13-20(17)19)16-10-8-14(2)9-11-16;1-14-12-16-6-5-7-18(19(16)13-14)15-8-10-17(11-9-15)20(2,3)4;1-3-2;;;/h5-7,12-16H,4,8-11H2,1-3H3;5-13H,1-4H3;1-2H3;2*1H;/q2*-1;;;;+4/p-2. The quantitative estimate of drug-likeness (QED) is 0.123. The Labute approximate surface area is 302 Å². The van der Waals surface area contributed by atoms with E-state index in [4.69, 9.17) is 17.0 Å². The van der Waals surface area contributed by atoms with E-state index in [1.807, 2.05) is 0 Å². The molecule has 0 amide bonds. The molecule has 0 aliphatic heterocycles. The molecule has 2 radical (unpaired) electrons. The van der Waals surface area contributed by atoms with Gasteiger partial charge in [0.15, 0.2) is 0 Å². The number of halogens is 2. The molecule has 0 bridgehead atoms. The Bertz CT molecular complexity index is 1600. The van der Waals surface area contributed by atoms with E-state index in [9.17, 15) is 0 Å². The van der Waals surface area contributed by atoms with Crippen molar-refractivity contribution in [1.82, 2.24) is 0 Å². The summed E-state index contributed by atoms with van der Waals surface area (Å²) in [5.41, 5.74) is 7.15. The number of hydrogen-bond donors (Lipinski definition) is 0. The second-order valence-corrected chi connectivity index (χ2v) is 24.0. The van der Waals surface area contributed by atoms with Gasteiger partial charge in [0.05, 0.1) is 8.07 Å². The van der Waals surface area contributed by atoms with Crippen molar-refractivity contribution in [3.63, 3.8) is 0 Å². The molecule has 1 aliphatic carbocycles. The molecule has 1 atom stereocenters. The molecule has 1 saturated carbocycles. The maximum atomic E-state index is 4.93.